The summed E-state index contributed by atoms with van der Waals surface area (Å²) in [4.78, 5) is 13.1. The highest BCUT2D eigenvalue weighted by atomic mass is 19.1. The summed E-state index contributed by atoms with van der Waals surface area (Å²) in [6, 6.07) is 11.0. The van der Waals surface area contributed by atoms with Crippen molar-refractivity contribution in [3.63, 3.8) is 0 Å². The van der Waals surface area contributed by atoms with Crippen molar-refractivity contribution in [2.75, 3.05) is 5.01 Å². The standard InChI is InChI=1S/C25H23F3N2O2/c1-5-18-8-11-22(32-18)23-24(19-9-6-17(27)13-20(19)28)29-30(25(23,4)15(3)31)21-10-7-16(26)12-14(21)2/h6-13,23H,5H2,1-4H3/t23-,25+/m1/s1. The maximum atomic E-state index is 14.9. The number of rotatable bonds is 5. The fourth-order valence-corrected chi connectivity index (χ4v) is 4.23. The number of anilines is 1. The lowest BCUT2D eigenvalue weighted by molar-refractivity contribution is -0.121. The number of hydrazone groups is 1. The van der Waals surface area contributed by atoms with E-state index in [9.17, 15) is 18.0 Å². The molecular weight excluding hydrogens is 417 g/mol. The highest BCUT2D eigenvalue weighted by molar-refractivity contribution is 6.13. The van der Waals surface area contributed by atoms with Gasteiger partial charge in [-0.2, -0.15) is 5.10 Å². The lowest BCUT2D eigenvalue weighted by Crippen LogP contribution is -2.51. The Hall–Kier alpha value is -3.35. The Morgan fingerprint density at radius 2 is 1.78 bits per heavy atom. The van der Waals surface area contributed by atoms with E-state index in [1.54, 1.807) is 26.0 Å². The molecule has 2 heterocycles. The second-order valence-electron chi connectivity index (χ2n) is 8.15. The Morgan fingerprint density at radius 3 is 2.38 bits per heavy atom. The Kier molecular flexibility index (Phi) is 5.44. The summed E-state index contributed by atoms with van der Waals surface area (Å²) in [6.45, 7) is 6.78. The minimum absolute atomic E-state index is 0.0700. The van der Waals surface area contributed by atoms with Crippen LogP contribution >= 0.6 is 0 Å². The molecule has 1 aliphatic heterocycles. The van der Waals surface area contributed by atoms with Gasteiger partial charge in [0, 0.05) is 18.1 Å². The molecule has 0 unspecified atom stereocenters. The average Bonchev–Trinajstić information content (AvgIpc) is 3.31. The summed E-state index contributed by atoms with van der Waals surface area (Å²) in [5.41, 5.74) is 0.0895. The van der Waals surface area contributed by atoms with Crippen molar-refractivity contribution >= 4 is 17.2 Å². The van der Waals surface area contributed by atoms with Gasteiger partial charge in [-0.25, -0.2) is 13.2 Å². The zero-order valence-electron chi connectivity index (χ0n) is 18.2. The topological polar surface area (TPSA) is 45.8 Å². The van der Waals surface area contributed by atoms with Crippen LogP contribution < -0.4 is 5.01 Å². The molecule has 0 spiro atoms. The molecule has 4 nitrogen and oxygen atoms in total. The van der Waals surface area contributed by atoms with Crippen molar-refractivity contribution in [3.8, 4) is 0 Å². The van der Waals surface area contributed by atoms with E-state index in [2.05, 4.69) is 5.10 Å². The molecule has 0 amide bonds. The van der Waals surface area contributed by atoms with Crippen molar-refractivity contribution in [2.45, 2.75) is 45.6 Å². The maximum absolute atomic E-state index is 14.9. The summed E-state index contributed by atoms with van der Waals surface area (Å²) in [5.74, 6) is -1.77. The lowest BCUT2D eigenvalue weighted by Gasteiger charge is -2.36. The summed E-state index contributed by atoms with van der Waals surface area (Å²) < 4.78 is 48.3. The fraction of sp³-hybridized carbons (Fsp3) is 0.280. The van der Waals surface area contributed by atoms with E-state index in [0.29, 0.717) is 29.2 Å². The highest BCUT2D eigenvalue weighted by Gasteiger charge is 2.55. The molecule has 3 aromatic rings. The summed E-state index contributed by atoms with van der Waals surface area (Å²) in [6.07, 6.45) is 0.641. The zero-order valence-corrected chi connectivity index (χ0v) is 18.2. The number of aryl methyl sites for hydroxylation is 2. The van der Waals surface area contributed by atoms with Gasteiger partial charge in [0.2, 0.25) is 0 Å². The third kappa shape index (κ3) is 3.42. The first-order chi connectivity index (χ1) is 15.2. The number of furan rings is 1. The molecule has 0 bridgehead atoms. The van der Waals surface area contributed by atoms with E-state index in [-0.39, 0.29) is 17.1 Å². The predicted octanol–water partition coefficient (Wildman–Crippen LogP) is 5.92. The Labute approximate surface area is 184 Å². The number of carbonyl (C=O) groups excluding carboxylic acids is 1. The fourth-order valence-electron chi connectivity index (χ4n) is 4.23. The van der Waals surface area contributed by atoms with E-state index in [4.69, 9.17) is 4.42 Å². The molecule has 0 aliphatic carbocycles. The van der Waals surface area contributed by atoms with Gasteiger partial charge in [0.15, 0.2) is 5.78 Å². The number of Topliss-reactive ketones (excluding diaryl/α,β-unsaturated/α-hetero) is 1. The van der Waals surface area contributed by atoms with Gasteiger partial charge in [0.05, 0.1) is 17.3 Å². The molecule has 166 valence electrons. The average molecular weight is 440 g/mol. The van der Waals surface area contributed by atoms with E-state index in [0.717, 1.165) is 12.1 Å². The third-order valence-electron chi connectivity index (χ3n) is 6.11. The monoisotopic (exact) mass is 440 g/mol. The highest BCUT2D eigenvalue weighted by Crippen LogP contribution is 2.46. The Morgan fingerprint density at radius 1 is 1.09 bits per heavy atom. The maximum Gasteiger partial charge on any atom is 0.158 e. The van der Waals surface area contributed by atoms with Gasteiger partial charge in [0.25, 0.3) is 0 Å². The van der Waals surface area contributed by atoms with Crippen molar-refractivity contribution < 1.29 is 22.4 Å². The first-order valence-corrected chi connectivity index (χ1v) is 10.4. The van der Waals surface area contributed by atoms with Gasteiger partial charge < -0.3 is 4.42 Å². The van der Waals surface area contributed by atoms with Gasteiger partial charge in [-0.3, -0.25) is 9.80 Å². The van der Waals surface area contributed by atoms with Gasteiger partial charge in [0.1, 0.15) is 34.5 Å². The van der Waals surface area contributed by atoms with Gasteiger partial charge in [-0.15, -0.1) is 0 Å². The van der Waals surface area contributed by atoms with Crippen LogP contribution in [0.25, 0.3) is 0 Å². The third-order valence-corrected chi connectivity index (χ3v) is 6.11. The number of halogens is 3. The molecule has 0 N–H and O–H groups in total. The number of hydrogen-bond donors (Lipinski definition) is 0. The van der Waals surface area contributed by atoms with Crippen LogP contribution in [-0.2, 0) is 11.2 Å². The normalized spacial score (nSPS) is 20.5. The van der Waals surface area contributed by atoms with Gasteiger partial charge >= 0.3 is 0 Å². The van der Waals surface area contributed by atoms with Crippen LogP contribution in [0.5, 0.6) is 0 Å². The first kappa shape index (κ1) is 21.9. The number of ketones is 1. The predicted molar refractivity (Wildman–Crippen MR) is 116 cm³/mol. The van der Waals surface area contributed by atoms with Gasteiger partial charge in [-0.1, -0.05) is 6.92 Å². The van der Waals surface area contributed by atoms with Crippen LogP contribution in [0.2, 0.25) is 0 Å². The van der Waals surface area contributed by atoms with E-state index >= 15 is 0 Å². The number of hydrogen-bond acceptors (Lipinski definition) is 4. The quantitative estimate of drug-likeness (QED) is 0.495. The van der Waals surface area contributed by atoms with Crippen LogP contribution in [0.3, 0.4) is 0 Å². The Bertz CT molecular complexity index is 1230. The first-order valence-electron chi connectivity index (χ1n) is 10.4. The molecular formula is C25H23F3N2O2. The lowest BCUT2D eigenvalue weighted by atomic mass is 9.76. The van der Waals surface area contributed by atoms with Crippen LogP contribution in [0.4, 0.5) is 18.9 Å². The molecule has 1 aromatic heterocycles. The van der Waals surface area contributed by atoms with Crippen LogP contribution in [0.15, 0.2) is 58.0 Å². The minimum Gasteiger partial charge on any atom is -0.465 e. The molecule has 2 atom stereocenters. The van der Waals surface area contributed by atoms with Crippen LogP contribution in [0.1, 0.15) is 49.3 Å². The molecule has 1 aliphatic rings. The molecule has 32 heavy (non-hydrogen) atoms. The van der Waals surface area contributed by atoms with E-state index < -0.39 is 28.9 Å². The smallest absolute Gasteiger partial charge is 0.158 e. The molecule has 7 heteroatoms. The Balaban J connectivity index is 1.99. The minimum atomic E-state index is -1.29. The zero-order chi connectivity index (χ0) is 23.2. The van der Waals surface area contributed by atoms with Crippen molar-refractivity contribution in [1.82, 2.24) is 0 Å². The molecule has 2 aromatic carbocycles. The molecule has 0 saturated carbocycles. The van der Waals surface area contributed by atoms with Gasteiger partial charge in [-0.05, 0) is 68.8 Å². The second-order valence-corrected chi connectivity index (χ2v) is 8.15. The SMILES string of the molecule is CCc1ccc([C@@H]2C(c3ccc(F)cc3F)=NN(c3ccc(F)cc3C)[C@@]2(C)C(C)=O)o1. The van der Waals surface area contributed by atoms with Crippen molar-refractivity contribution in [2.24, 2.45) is 5.10 Å². The number of benzene rings is 2. The molecule has 0 radical (unpaired) electrons. The molecule has 4 rings (SSSR count). The van der Waals surface area contributed by atoms with Crippen LogP contribution in [0, 0.1) is 24.4 Å². The molecule has 0 fully saturated rings. The van der Waals surface area contributed by atoms with Crippen molar-refractivity contribution in [1.29, 1.82) is 0 Å². The second kappa shape index (κ2) is 7.97. The molecule has 0 saturated heterocycles. The van der Waals surface area contributed by atoms with Crippen molar-refractivity contribution in [3.05, 3.63) is 88.6 Å². The van der Waals surface area contributed by atoms with Crippen LogP contribution in [-0.4, -0.2) is 17.0 Å². The van der Waals surface area contributed by atoms with E-state index in [1.807, 2.05) is 6.92 Å². The summed E-state index contributed by atoms with van der Waals surface area (Å²) >= 11 is 0. The number of nitrogens with zero attached hydrogens (tertiary/aromatic N) is 2. The summed E-state index contributed by atoms with van der Waals surface area (Å²) in [5, 5.41) is 6.16. The number of carbonyl (C=O) groups is 1. The summed E-state index contributed by atoms with van der Waals surface area (Å²) in [7, 11) is 0. The van der Waals surface area contributed by atoms with E-state index in [1.165, 1.54) is 36.2 Å². The largest absolute Gasteiger partial charge is 0.465 e.